The van der Waals surface area contributed by atoms with Crippen LogP contribution in [0.15, 0.2) is 30.2 Å². The van der Waals surface area contributed by atoms with Crippen molar-refractivity contribution in [1.82, 2.24) is 14.9 Å². The molecule has 6 heteroatoms. The van der Waals surface area contributed by atoms with Gasteiger partial charge in [-0.05, 0) is 25.5 Å². The third-order valence-electron chi connectivity index (χ3n) is 2.82. The lowest BCUT2D eigenvalue weighted by Gasteiger charge is -2.04. The van der Waals surface area contributed by atoms with Crippen LogP contribution in [0.1, 0.15) is 28.1 Å². The number of aryl methyl sites for hydroxylation is 1. The number of carbonyl (C=O) groups excluding carboxylic acids is 1. The van der Waals surface area contributed by atoms with Gasteiger partial charge in [-0.2, -0.15) is 0 Å². The number of hydrogen-bond donors (Lipinski definition) is 2. The molecule has 102 valence electrons. The Morgan fingerprint density at radius 1 is 1.47 bits per heavy atom. The van der Waals surface area contributed by atoms with E-state index in [2.05, 4.69) is 14.9 Å². The number of thiophene rings is 1. The molecule has 0 aliphatic rings. The fourth-order valence-electron chi connectivity index (χ4n) is 1.78. The second-order valence-corrected chi connectivity index (χ2v) is 5.35. The first-order valence-electron chi connectivity index (χ1n) is 6.29. The molecule has 19 heavy (non-hydrogen) atoms. The smallest absolute Gasteiger partial charge is 0.249 e. The molecule has 0 atom stereocenters. The molecule has 0 fully saturated rings. The lowest BCUT2D eigenvalue weighted by molar-refractivity contribution is 0.100. The Labute approximate surface area is 116 Å². The molecule has 0 aliphatic heterocycles. The summed E-state index contributed by atoms with van der Waals surface area (Å²) in [5.41, 5.74) is 5.81. The first-order chi connectivity index (χ1) is 9.25. The van der Waals surface area contributed by atoms with E-state index in [1.807, 2.05) is 18.6 Å². The zero-order valence-electron chi connectivity index (χ0n) is 10.7. The molecule has 2 aromatic heterocycles. The van der Waals surface area contributed by atoms with Crippen LogP contribution in [-0.4, -0.2) is 22.0 Å². The Balaban J connectivity index is 1.57. The monoisotopic (exact) mass is 278 g/mol. The van der Waals surface area contributed by atoms with Crippen molar-refractivity contribution in [3.63, 3.8) is 0 Å². The Hall–Kier alpha value is -1.66. The third kappa shape index (κ3) is 4.50. The summed E-state index contributed by atoms with van der Waals surface area (Å²) in [6, 6.07) is 1.85. The highest BCUT2D eigenvalue weighted by Gasteiger charge is 2.03. The Morgan fingerprint density at radius 3 is 3.05 bits per heavy atom. The average molecular weight is 278 g/mol. The van der Waals surface area contributed by atoms with E-state index >= 15 is 0 Å². The number of aromatic nitrogens is 2. The normalized spacial score (nSPS) is 10.7. The van der Waals surface area contributed by atoms with Crippen LogP contribution >= 0.6 is 11.3 Å². The number of nitrogens with two attached hydrogens (primary N) is 1. The molecule has 3 N–H and O–H groups in total. The number of imidazole rings is 1. The van der Waals surface area contributed by atoms with E-state index in [9.17, 15) is 4.79 Å². The van der Waals surface area contributed by atoms with Crippen molar-refractivity contribution in [2.45, 2.75) is 25.9 Å². The van der Waals surface area contributed by atoms with Gasteiger partial charge in [-0.25, -0.2) is 4.98 Å². The number of hydrogen-bond acceptors (Lipinski definition) is 4. The molecule has 0 saturated heterocycles. The minimum atomic E-state index is -0.358. The number of amides is 1. The van der Waals surface area contributed by atoms with Crippen LogP contribution in [-0.2, 0) is 13.1 Å². The van der Waals surface area contributed by atoms with Crippen molar-refractivity contribution in [3.05, 3.63) is 40.6 Å². The number of rotatable bonds is 8. The summed E-state index contributed by atoms with van der Waals surface area (Å²) in [6.07, 6.45) is 7.85. The van der Waals surface area contributed by atoms with Gasteiger partial charge in [0.2, 0.25) is 5.91 Å². The second kappa shape index (κ2) is 7.06. The van der Waals surface area contributed by atoms with E-state index in [1.54, 1.807) is 22.9 Å². The summed E-state index contributed by atoms with van der Waals surface area (Å²) >= 11 is 1.56. The van der Waals surface area contributed by atoms with E-state index < -0.39 is 0 Å². The lowest BCUT2D eigenvalue weighted by atomic mass is 10.3. The van der Waals surface area contributed by atoms with E-state index in [4.69, 9.17) is 5.73 Å². The maximum atomic E-state index is 10.9. The Morgan fingerprint density at radius 2 is 2.37 bits per heavy atom. The van der Waals surface area contributed by atoms with Crippen LogP contribution in [0.25, 0.3) is 0 Å². The van der Waals surface area contributed by atoms with Gasteiger partial charge in [0.15, 0.2) is 0 Å². The topological polar surface area (TPSA) is 72.9 Å². The van der Waals surface area contributed by atoms with Crippen molar-refractivity contribution < 1.29 is 4.79 Å². The van der Waals surface area contributed by atoms with Gasteiger partial charge in [0.1, 0.15) is 0 Å². The average Bonchev–Trinajstić information content (AvgIpc) is 3.04. The molecule has 0 spiro atoms. The quantitative estimate of drug-likeness (QED) is 0.721. The molecule has 0 bridgehead atoms. The zero-order chi connectivity index (χ0) is 13.5. The fraction of sp³-hybridized carbons (Fsp3) is 0.385. The summed E-state index contributed by atoms with van der Waals surface area (Å²) in [5, 5.41) is 5.17. The van der Waals surface area contributed by atoms with Crippen molar-refractivity contribution in [2.24, 2.45) is 5.73 Å². The Bertz CT molecular complexity index is 506. The molecule has 2 rings (SSSR count). The highest BCUT2D eigenvalue weighted by atomic mass is 32.1. The first-order valence-corrected chi connectivity index (χ1v) is 7.17. The molecule has 0 saturated carbocycles. The van der Waals surface area contributed by atoms with Crippen LogP contribution in [0.2, 0.25) is 0 Å². The van der Waals surface area contributed by atoms with Gasteiger partial charge in [0.05, 0.1) is 11.9 Å². The summed E-state index contributed by atoms with van der Waals surface area (Å²) in [7, 11) is 0. The van der Waals surface area contributed by atoms with Crippen molar-refractivity contribution in [3.8, 4) is 0 Å². The molecule has 1 amide bonds. The van der Waals surface area contributed by atoms with Gasteiger partial charge in [-0.1, -0.05) is 0 Å². The lowest BCUT2D eigenvalue weighted by Crippen LogP contribution is -2.14. The van der Waals surface area contributed by atoms with Gasteiger partial charge in [-0.3, -0.25) is 4.79 Å². The van der Waals surface area contributed by atoms with Gasteiger partial charge in [0.25, 0.3) is 0 Å². The largest absolute Gasteiger partial charge is 0.366 e. The minimum Gasteiger partial charge on any atom is -0.366 e. The summed E-state index contributed by atoms with van der Waals surface area (Å²) in [4.78, 5) is 16.1. The van der Waals surface area contributed by atoms with Crippen LogP contribution < -0.4 is 11.1 Å². The van der Waals surface area contributed by atoms with Crippen LogP contribution in [0.4, 0.5) is 0 Å². The Kier molecular flexibility index (Phi) is 5.11. The highest BCUT2D eigenvalue weighted by molar-refractivity contribution is 7.10. The summed E-state index contributed by atoms with van der Waals surface area (Å²) < 4.78 is 2.08. The van der Waals surface area contributed by atoms with Crippen molar-refractivity contribution >= 4 is 17.2 Å². The van der Waals surface area contributed by atoms with E-state index in [0.29, 0.717) is 5.56 Å². The van der Waals surface area contributed by atoms with Crippen LogP contribution in [0.3, 0.4) is 0 Å². The number of unbranched alkanes of at least 4 members (excludes halogenated alkanes) is 1. The predicted octanol–water partition coefficient (Wildman–Crippen LogP) is 1.61. The maximum absolute atomic E-state index is 10.9. The SMILES string of the molecule is NC(=O)c1csc(CNCCCCn2ccnc2)c1. The molecule has 5 nitrogen and oxygen atoms in total. The fourth-order valence-corrected chi connectivity index (χ4v) is 2.62. The van der Waals surface area contributed by atoms with Gasteiger partial charge in [-0.15, -0.1) is 11.3 Å². The maximum Gasteiger partial charge on any atom is 0.249 e. The number of nitrogens with one attached hydrogen (secondary N) is 1. The summed E-state index contributed by atoms with van der Waals surface area (Å²) in [6.45, 7) is 2.77. The molecule has 0 aromatic carbocycles. The molecule has 2 aromatic rings. The zero-order valence-corrected chi connectivity index (χ0v) is 11.5. The van der Waals surface area contributed by atoms with E-state index in [0.717, 1.165) is 37.4 Å². The first kappa shape index (κ1) is 13.8. The molecule has 2 heterocycles. The summed E-state index contributed by atoms with van der Waals surface area (Å²) in [5.74, 6) is -0.358. The van der Waals surface area contributed by atoms with Gasteiger partial charge >= 0.3 is 0 Å². The number of primary amides is 1. The van der Waals surface area contributed by atoms with Crippen LogP contribution in [0, 0.1) is 0 Å². The van der Waals surface area contributed by atoms with Crippen LogP contribution in [0.5, 0.6) is 0 Å². The third-order valence-corrected chi connectivity index (χ3v) is 3.75. The molecular formula is C13H18N4OS. The van der Waals surface area contributed by atoms with E-state index in [-0.39, 0.29) is 5.91 Å². The number of nitrogens with zero attached hydrogens (tertiary/aromatic N) is 2. The molecule has 0 radical (unpaired) electrons. The predicted molar refractivity (Wildman–Crippen MR) is 76.0 cm³/mol. The molecule has 0 unspecified atom stereocenters. The number of carbonyl (C=O) groups is 1. The van der Waals surface area contributed by atoms with Gasteiger partial charge < -0.3 is 15.6 Å². The highest BCUT2D eigenvalue weighted by Crippen LogP contribution is 2.13. The van der Waals surface area contributed by atoms with Crippen molar-refractivity contribution in [1.29, 1.82) is 0 Å². The standard InChI is InChI=1S/C13H18N4OS/c14-13(18)11-7-12(19-9-11)8-15-3-1-2-5-17-6-4-16-10-17/h4,6-7,9-10,15H,1-3,5,8H2,(H2,14,18). The van der Waals surface area contributed by atoms with Gasteiger partial charge in [0, 0.05) is 35.7 Å². The molecular weight excluding hydrogens is 260 g/mol. The second-order valence-electron chi connectivity index (χ2n) is 4.35. The van der Waals surface area contributed by atoms with E-state index in [1.165, 1.54) is 0 Å². The minimum absolute atomic E-state index is 0.358. The van der Waals surface area contributed by atoms with Crippen molar-refractivity contribution in [2.75, 3.05) is 6.54 Å². The molecule has 0 aliphatic carbocycles.